The summed E-state index contributed by atoms with van der Waals surface area (Å²) in [7, 11) is -4.61. The van der Waals surface area contributed by atoms with Crippen LogP contribution < -0.4 is 0 Å². The number of aliphatic hydroxyl groups excluding tert-OH is 1. The van der Waals surface area contributed by atoms with E-state index in [2.05, 4.69) is 32.9 Å². The normalized spacial score (nSPS) is 47.3. The molecular weight excluding hydrogens is 572 g/mol. The third-order valence-electron chi connectivity index (χ3n) is 13.9. The molecule has 11 unspecified atom stereocenters. The van der Waals surface area contributed by atoms with Crippen LogP contribution in [0.5, 0.6) is 0 Å². The Morgan fingerprint density at radius 3 is 2.41 bits per heavy atom. The van der Waals surface area contributed by atoms with Crippen molar-refractivity contribution < 1.29 is 28.3 Å². The topological polar surface area (TPSA) is 115 Å². The van der Waals surface area contributed by atoms with Crippen molar-refractivity contribution in [2.75, 3.05) is 0 Å². The van der Waals surface area contributed by atoms with Gasteiger partial charge >= 0.3 is 0 Å². The van der Waals surface area contributed by atoms with Gasteiger partial charge in [0, 0.05) is 0 Å². The van der Waals surface area contributed by atoms with Crippen molar-refractivity contribution in [1.29, 1.82) is 0 Å². The number of fused-ring (bicyclic) bond motifs is 6. The second kappa shape index (κ2) is 10.8. The number of aliphatic hydroxyl groups is 3. The molecule has 0 radical (unpaired) electrons. The van der Waals surface area contributed by atoms with E-state index < -0.39 is 32.8 Å². The van der Waals surface area contributed by atoms with Gasteiger partial charge in [0.05, 0.1) is 17.3 Å². The van der Waals surface area contributed by atoms with E-state index in [1.54, 1.807) is 0 Å². The van der Waals surface area contributed by atoms with Gasteiger partial charge in [-0.1, -0.05) is 52.2 Å². The summed E-state index contributed by atoms with van der Waals surface area (Å²) in [5.74, 6) is 1.85. The van der Waals surface area contributed by atoms with Crippen LogP contribution in [0.1, 0.15) is 153 Å². The molecule has 0 spiro atoms. The smallest absolute Gasteiger partial charge is 0.295 e. The summed E-state index contributed by atoms with van der Waals surface area (Å²) in [4.78, 5) is 0.0723. The highest BCUT2D eigenvalue weighted by atomic mass is 32.2. The first-order valence-electron chi connectivity index (χ1n) is 17.9. The van der Waals surface area contributed by atoms with Crippen LogP contribution in [-0.2, 0) is 20.9 Å². The summed E-state index contributed by atoms with van der Waals surface area (Å²) in [6.07, 6.45) is 13.8. The maximum atomic E-state index is 13.7. The minimum Gasteiger partial charge on any atom is -0.393 e. The van der Waals surface area contributed by atoms with E-state index in [4.69, 9.17) is 0 Å². The molecule has 0 aliphatic heterocycles. The van der Waals surface area contributed by atoms with Crippen molar-refractivity contribution in [3.8, 4) is 0 Å². The van der Waals surface area contributed by atoms with E-state index >= 15 is 0 Å². The molecule has 44 heavy (non-hydrogen) atoms. The van der Waals surface area contributed by atoms with E-state index in [1.807, 2.05) is 0 Å². The van der Waals surface area contributed by atoms with Crippen LogP contribution in [0.15, 0.2) is 17.0 Å². The lowest BCUT2D eigenvalue weighted by atomic mass is 9.54. The average molecular weight is 629 g/mol. The first-order valence-corrected chi connectivity index (χ1v) is 19.3. The highest BCUT2D eigenvalue weighted by Crippen LogP contribution is 2.59. The van der Waals surface area contributed by atoms with Gasteiger partial charge in [-0.15, -0.1) is 0 Å². The third-order valence-corrected chi connectivity index (χ3v) is 14.9. The van der Waals surface area contributed by atoms with Crippen LogP contribution in [0.3, 0.4) is 0 Å². The fourth-order valence-corrected chi connectivity index (χ4v) is 13.7. The van der Waals surface area contributed by atoms with Crippen molar-refractivity contribution in [3.63, 3.8) is 0 Å². The molecule has 7 heteroatoms. The fourth-order valence-electron chi connectivity index (χ4n) is 12.7. The second-order valence-corrected chi connectivity index (χ2v) is 18.9. The quantitative estimate of drug-likeness (QED) is 0.257. The highest BCUT2D eigenvalue weighted by molar-refractivity contribution is 7.86. The summed E-state index contributed by atoms with van der Waals surface area (Å²) >= 11 is 0. The molecule has 6 fully saturated rings. The standard InChI is InChI=1S/C37H56O6S/c1-4-26-7-9-36(39)19-27(26)12-28(20-36)31-13-29(34(3)16-24-6-5-8-37(40,18-24)22-34)14-32(33(31)44(41,42)43)35-15-23(2)10-25(17-35)11-30(38)21-35/h13-14,23-28,30,38-40H,4-12,15-22H2,1-3H3,(H,41,42,43). The van der Waals surface area contributed by atoms with E-state index in [0.717, 1.165) is 95.5 Å². The Bertz CT molecular complexity index is 1370. The van der Waals surface area contributed by atoms with Gasteiger partial charge in [0.1, 0.15) is 4.90 Å². The van der Waals surface area contributed by atoms with Crippen LogP contribution in [0.25, 0.3) is 0 Å². The van der Waals surface area contributed by atoms with Crippen molar-refractivity contribution >= 4 is 10.1 Å². The number of benzene rings is 1. The van der Waals surface area contributed by atoms with Gasteiger partial charge < -0.3 is 15.3 Å². The Morgan fingerprint density at radius 1 is 0.886 bits per heavy atom. The Hall–Kier alpha value is -0.990. The summed E-state index contributed by atoms with van der Waals surface area (Å²) in [5, 5.41) is 34.7. The lowest BCUT2D eigenvalue weighted by molar-refractivity contribution is -0.0754. The maximum absolute atomic E-state index is 13.7. The molecule has 246 valence electrons. The average Bonchev–Trinajstić information content (AvgIpc) is 2.90. The zero-order chi connectivity index (χ0) is 31.3. The van der Waals surface area contributed by atoms with Crippen LogP contribution >= 0.6 is 0 Å². The lowest BCUT2D eigenvalue weighted by Gasteiger charge is -2.53. The van der Waals surface area contributed by atoms with Crippen molar-refractivity contribution in [2.24, 2.45) is 29.6 Å². The minimum absolute atomic E-state index is 0.0723. The molecule has 6 aliphatic rings. The molecule has 11 atom stereocenters. The zero-order valence-electron chi connectivity index (χ0n) is 27.2. The SMILES string of the molecule is CCC1CCC2(O)CC(c3cc(C4(C)CC5CCCC(O)(C5)C4)cc(C45CC(C)CC(CC(O)C4)C5)c3S(=O)(=O)O)CC1C2. The van der Waals surface area contributed by atoms with Crippen molar-refractivity contribution in [2.45, 2.75) is 169 Å². The zero-order valence-corrected chi connectivity index (χ0v) is 28.0. The Morgan fingerprint density at radius 2 is 1.68 bits per heavy atom. The molecule has 1 aromatic rings. The molecule has 6 bridgehead atoms. The van der Waals surface area contributed by atoms with Gasteiger partial charge in [-0.25, -0.2) is 0 Å². The molecular formula is C37H56O6S. The van der Waals surface area contributed by atoms with E-state index in [-0.39, 0.29) is 16.2 Å². The minimum atomic E-state index is -4.61. The third kappa shape index (κ3) is 5.52. The van der Waals surface area contributed by atoms with Gasteiger partial charge in [0.2, 0.25) is 0 Å². The molecule has 6 saturated carbocycles. The Balaban J connectivity index is 1.44. The van der Waals surface area contributed by atoms with Crippen LogP contribution in [0.2, 0.25) is 0 Å². The second-order valence-electron chi connectivity index (χ2n) is 17.6. The van der Waals surface area contributed by atoms with E-state index in [1.165, 1.54) is 0 Å². The molecule has 6 aliphatic carbocycles. The number of hydrogen-bond donors (Lipinski definition) is 4. The first kappa shape index (κ1) is 31.6. The summed E-state index contributed by atoms with van der Waals surface area (Å²) in [6.45, 7) is 6.74. The van der Waals surface area contributed by atoms with Gasteiger partial charge in [0.15, 0.2) is 0 Å². The highest BCUT2D eigenvalue weighted by Gasteiger charge is 2.53. The largest absolute Gasteiger partial charge is 0.393 e. The Kier molecular flexibility index (Phi) is 7.73. The summed E-state index contributed by atoms with van der Waals surface area (Å²) in [6, 6.07) is 4.20. The molecule has 0 heterocycles. The lowest BCUT2D eigenvalue weighted by Crippen LogP contribution is -2.49. The van der Waals surface area contributed by atoms with E-state index in [9.17, 15) is 28.3 Å². The summed E-state index contributed by atoms with van der Waals surface area (Å²) < 4.78 is 38.5. The predicted molar refractivity (Wildman–Crippen MR) is 171 cm³/mol. The fraction of sp³-hybridized carbons (Fsp3) is 0.838. The van der Waals surface area contributed by atoms with Crippen molar-refractivity contribution in [1.82, 2.24) is 0 Å². The van der Waals surface area contributed by atoms with E-state index in [0.29, 0.717) is 60.0 Å². The van der Waals surface area contributed by atoms with Crippen LogP contribution in [0, 0.1) is 29.6 Å². The molecule has 0 saturated heterocycles. The monoisotopic (exact) mass is 628 g/mol. The molecule has 0 amide bonds. The molecule has 7 rings (SSSR count). The van der Waals surface area contributed by atoms with Crippen LogP contribution in [-0.4, -0.2) is 45.6 Å². The van der Waals surface area contributed by atoms with Gasteiger partial charge in [0.25, 0.3) is 10.1 Å². The van der Waals surface area contributed by atoms with Crippen LogP contribution in [0.4, 0.5) is 0 Å². The van der Waals surface area contributed by atoms with Crippen molar-refractivity contribution in [3.05, 3.63) is 28.8 Å². The van der Waals surface area contributed by atoms with Gasteiger partial charge in [-0.3, -0.25) is 4.55 Å². The summed E-state index contributed by atoms with van der Waals surface area (Å²) in [5.41, 5.74) is 0.120. The first-order chi connectivity index (χ1) is 20.6. The number of hydrogen-bond acceptors (Lipinski definition) is 5. The molecule has 4 N–H and O–H groups in total. The van der Waals surface area contributed by atoms with Gasteiger partial charge in [-0.05, 0) is 153 Å². The molecule has 1 aromatic carbocycles. The van der Waals surface area contributed by atoms with Gasteiger partial charge in [-0.2, -0.15) is 8.42 Å². The predicted octanol–water partition coefficient (Wildman–Crippen LogP) is 7.17. The Labute approximate surface area is 265 Å². The number of rotatable bonds is 5. The molecule has 0 aromatic heterocycles. The maximum Gasteiger partial charge on any atom is 0.295 e. The molecule has 6 nitrogen and oxygen atoms in total.